The standard InChI is InChI=1S/C28H36N4O3S2/c1-29-27(34)11-10-23(19-33)32-18-25-24(28(32)35)4-3-5-26(25)37-20-22-8-6-21(7-9-22)12-13-30-14-16-31(36-2)17-15-30/h3-9,19,23H,10-18,20H2,1-2H3,(H,29,34). The van der Waals surface area contributed by atoms with E-state index in [2.05, 4.69) is 45.0 Å². The van der Waals surface area contributed by atoms with Gasteiger partial charge < -0.3 is 19.9 Å². The van der Waals surface area contributed by atoms with Crippen LogP contribution in [0.15, 0.2) is 47.4 Å². The van der Waals surface area contributed by atoms with Gasteiger partial charge in [0.1, 0.15) is 6.29 Å². The Bertz CT molecular complexity index is 1090. The van der Waals surface area contributed by atoms with Crippen LogP contribution in [0.5, 0.6) is 0 Å². The van der Waals surface area contributed by atoms with E-state index >= 15 is 0 Å². The Morgan fingerprint density at radius 2 is 1.81 bits per heavy atom. The van der Waals surface area contributed by atoms with Crippen LogP contribution in [0.3, 0.4) is 0 Å². The predicted octanol–water partition coefficient (Wildman–Crippen LogP) is 3.47. The van der Waals surface area contributed by atoms with Crippen molar-refractivity contribution in [2.75, 3.05) is 46.0 Å². The number of hydrogen-bond acceptors (Lipinski definition) is 7. The maximum atomic E-state index is 13.0. The molecule has 0 aromatic heterocycles. The molecule has 0 saturated carbocycles. The van der Waals surface area contributed by atoms with E-state index in [4.69, 9.17) is 0 Å². The highest BCUT2D eigenvalue weighted by molar-refractivity contribution is 7.98. The molecule has 1 unspecified atom stereocenters. The molecule has 37 heavy (non-hydrogen) atoms. The van der Waals surface area contributed by atoms with E-state index in [-0.39, 0.29) is 18.2 Å². The van der Waals surface area contributed by atoms with Gasteiger partial charge in [-0.2, -0.15) is 0 Å². The van der Waals surface area contributed by atoms with E-state index in [1.54, 1.807) is 23.7 Å². The number of fused-ring (bicyclic) bond motifs is 1. The molecule has 1 fully saturated rings. The van der Waals surface area contributed by atoms with Gasteiger partial charge in [0.15, 0.2) is 0 Å². The average molecular weight is 541 g/mol. The van der Waals surface area contributed by atoms with Crippen LogP contribution in [-0.4, -0.2) is 84.3 Å². The summed E-state index contributed by atoms with van der Waals surface area (Å²) >= 11 is 3.56. The fourth-order valence-corrected chi connectivity index (χ4v) is 6.38. The third-order valence-electron chi connectivity index (χ3n) is 7.18. The molecule has 0 radical (unpaired) electrons. The molecule has 1 atom stereocenters. The Morgan fingerprint density at radius 1 is 1.08 bits per heavy atom. The zero-order valence-electron chi connectivity index (χ0n) is 21.7. The van der Waals surface area contributed by atoms with Crippen LogP contribution in [0.2, 0.25) is 0 Å². The number of nitrogens with one attached hydrogen (secondary N) is 1. The normalized spacial score (nSPS) is 17.0. The molecule has 2 amide bonds. The topological polar surface area (TPSA) is 73.0 Å². The quantitative estimate of drug-likeness (QED) is 0.251. The van der Waals surface area contributed by atoms with Crippen LogP contribution in [0.1, 0.15) is 39.9 Å². The molecule has 1 N–H and O–H groups in total. The molecule has 7 nitrogen and oxygen atoms in total. The smallest absolute Gasteiger partial charge is 0.255 e. The molecule has 2 aromatic carbocycles. The van der Waals surface area contributed by atoms with E-state index in [0.29, 0.717) is 18.5 Å². The van der Waals surface area contributed by atoms with Gasteiger partial charge >= 0.3 is 0 Å². The number of aldehydes is 1. The van der Waals surface area contributed by atoms with Crippen molar-refractivity contribution in [1.29, 1.82) is 0 Å². The van der Waals surface area contributed by atoms with Gasteiger partial charge in [0.05, 0.1) is 6.04 Å². The number of amides is 2. The van der Waals surface area contributed by atoms with Crippen molar-refractivity contribution in [2.24, 2.45) is 0 Å². The van der Waals surface area contributed by atoms with Crippen molar-refractivity contribution >= 4 is 41.8 Å². The Hall–Kier alpha value is -2.33. The molecule has 0 aliphatic carbocycles. The lowest BCUT2D eigenvalue weighted by molar-refractivity contribution is -0.121. The fraction of sp³-hybridized carbons (Fsp3) is 0.464. The summed E-state index contributed by atoms with van der Waals surface area (Å²) in [6.45, 7) is 6.04. The first-order chi connectivity index (χ1) is 18.0. The summed E-state index contributed by atoms with van der Waals surface area (Å²) in [6, 6.07) is 14.1. The molecule has 0 bridgehead atoms. The molecule has 1 saturated heterocycles. The van der Waals surface area contributed by atoms with Gasteiger partial charge in [0.25, 0.3) is 5.91 Å². The maximum Gasteiger partial charge on any atom is 0.255 e. The zero-order chi connectivity index (χ0) is 26.2. The van der Waals surface area contributed by atoms with Crippen molar-refractivity contribution in [1.82, 2.24) is 19.4 Å². The Kier molecular flexibility index (Phi) is 10.1. The first kappa shape index (κ1) is 27.7. The largest absolute Gasteiger partial charge is 0.359 e. The van der Waals surface area contributed by atoms with Crippen molar-refractivity contribution in [3.8, 4) is 0 Å². The average Bonchev–Trinajstić information content (AvgIpc) is 3.28. The van der Waals surface area contributed by atoms with Crippen molar-refractivity contribution in [3.63, 3.8) is 0 Å². The van der Waals surface area contributed by atoms with Crippen molar-refractivity contribution in [2.45, 2.75) is 42.5 Å². The van der Waals surface area contributed by atoms with E-state index in [0.717, 1.165) is 61.6 Å². The molecule has 2 heterocycles. The van der Waals surface area contributed by atoms with Crippen LogP contribution in [0.25, 0.3) is 0 Å². The predicted molar refractivity (Wildman–Crippen MR) is 151 cm³/mol. The van der Waals surface area contributed by atoms with E-state index < -0.39 is 6.04 Å². The molecular formula is C28H36N4O3S2. The molecular weight excluding hydrogens is 504 g/mol. The minimum atomic E-state index is -0.600. The van der Waals surface area contributed by atoms with E-state index in [9.17, 15) is 14.4 Å². The van der Waals surface area contributed by atoms with Gasteiger partial charge in [-0.1, -0.05) is 42.3 Å². The summed E-state index contributed by atoms with van der Waals surface area (Å²) in [5.74, 6) is 0.549. The molecule has 2 aliphatic heterocycles. The number of thioether (sulfide) groups is 1. The van der Waals surface area contributed by atoms with Crippen LogP contribution in [0, 0.1) is 0 Å². The summed E-state index contributed by atoms with van der Waals surface area (Å²) < 4.78 is 2.42. The van der Waals surface area contributed by atoms with Gasteiger partial charge in [-0.05, 0) is 47.9 Å². The molecule has 2 aliphatic rings. The fourth-order valence-electron chi connectivity index (χ4n) is 4.82. The first-order valence-electron chi connectivity index (χ1n) is 12.8. The summed E-state index contributed by atoms with van der Waals surface area (Å²) in [4.78, 5) is 41.6. The second kappa shape index (κ2) is 13.5. The number of rotatable bonds is 12. The third-order valence-corrected chi connectivity index (χ3v) is 9.23. The number of benzene rings is 2. The van der Waals surface area contributed by atoms with Gasteiger partial charge in [0.2, 0.25) is 5.91 Å². The lowest BCUT2D eigenvalue weighted by Crippen LogP contribution is -2.43. The minimum absolute atomic E-state index is 0.132. The molecule has 0 spiro atoms. The van der Waals surface area contributed by atoms with Crippen LogP contribution >= 0.6 is 23.7 Å². The Labute approximate surface area is 228 Å². The van der Waals surface area contributed by atoms with E-state index in [1.807, 2.05) is 30.1 Å². The molecule has 9 heteroatoms. The first-order valence-corrected chi connectivity index (χ1v) is 15.0. The summed E-state index contributed by atoms with van der Waals surface area (Å²) in [5.41, 5.74) is 4.24. The van der Waals surface area contributed by atoms with Crippen LogP contribution in [-0.2, 0) is 28.3 Å². The monoisotopic (exact) mass is 540 g/mol. The summed E-state index contributed by atoms with van der Waals surface area (Å²) in [5, 5.41) is 2.57. The van der Waals surface area contributed by atoms with Crippen LogP contribution < -0.4 is 5.32 Å². The highest BCUT2D eigenvalue weighted by atomic mass is 32.2. The number of carbonyl (C=O) groups excluding carboxylic acids is 3. The number of nitrogens with zero attached hydrogens (tertiary/aromatic N) is 3. The Balaban J connectivity index is 1.31. The highest BCUT2D eigenvalue weighted by Gasteiger charge is 2.34. The lowest BCUT2D eigenvalue weighted by atomic mass is 10.1. The van der Waals surface area contributed by atoms with E-state index in [1.165, 1.54) is 11.1 Å². The van der Waals surface area contributed by atoms with Crippen molar-refractivity contribution in [3.05, 3.63) is 64.7 Å². The zero-order valence-corrected chi connectivity index (χ0v) is 23.3. The van der Waals surface area contributed by atoms with Gasteiger partial charge in [-0.25, -0.2) is 4.31 Å². The SMILES string of the molecule is CNC(=O)CCC(C=O)N1Cc2c(SCc3ccc(CCN4CCN(SC)CC4)cc3)cccc2C1=O. The molecule has 2 aromatic rings. The van der Waals surface area contributed by atoms with Crippen LogP contribution in [0.4, 0.5) is 0 Å². The number of carbonyl (C=O) groups is 3. The Morgan fingerprint density at radius 3 is 2.49 bits per heavy atom. The second-order valence-electron chi connectivity index (χ2n) is 9.44. The molecule has 198 valence electrons. The minimum Gasteiger partial charge on any atom is -0.359 e. The number of piperazine rings is 1. The van der Waals surface area contributed by atoms with Gasteiger partial charge in [-0.3, -0.25) is 9.59 Å². The van der Waals surface area contributed by atoms with Gasteiger partial charge in [-0.15, -0.1) is 11.8 Å². The molecule has 4 rings (SSSR count). The highest BCUT2D eigenvalue weighted by Crippen LogP contribution is 2.35. The van der Waals surface area contributed by atoms with Gasteiger partial charge in [0, 0.05) is 68.9 Å². The summed E-state index contributed by atoms with van der Waals surface area (Å²) in [6.07, 6.45) is 4.54. The number of hydrogen-bond donors (Lipinski definition) is 1. The third kappa shape index (κ3) is 7.16. The maximum absolute atomic E-state index is 13.0. The summed E-state index contributed by atoms with van der Waals surface area (Å²) in [7, 11) is 1.57. The van der Waals surface area contributed by atoms with Crippen molar-refractivity contribution < 1.29 is 14.4 Å². The lowest BCUT2D eigenvalue weighted by Gasteiger charge is -2.33. The second-order valence-corrected chi connectivity index (χ2v) is 11.3.